The number of halogens is 4. The van der Waals surface area contributed by atoms with E-state index in [1.807, 2.05) is 0 Å². The third-order valence-corrected chi connectivity index (χ3v) is 5.74. The van der Waals surface area contributed by atoms with Crippen molar-refractivity contribution in [2.75, 3.05) is 6.26 Å². The van der Waals surface area contributed by atoms with Gasteiger partial charge in [-0.2, -0.15) is 13.2 Å². The average molecular weight is 429 g/mol. The second kappa shape index (κ2) is 7.04. The van der Waals surface area contributed by atoms with Crippen LogP contribution in [0.5, 0.6) is 0 Å². The molecular weight excluding hydrogens is 413 g/mol. The first-order valence-electron chi connectivity index (χ1n) is 8.21. The highest BCUT2D eigenvalue weighted by atomic mass is 35.5. The van der Waals surface area contributed by atoms with Crippen LogP contribution < -0.4 is 0 Å². The molecule has 2 aromatic rings. The Balaban J connectivity index is 2.21. The van der Waals surface area contributed by atoms with E-state index in [0.717, 1.165) is 12.1 Å². The molecule has 8 heteroatoms. The lowest BCUT2D eigenvalue weighted by molar-refractivity contribution is -0.137. The molecule has 0 aliphatic carbocycles. The highest BCUT2D eigenvalue weighted by molar-refractivity contribution is 7.84. The van der Waals surface area contributed by atoms with Crippen LogP contribution in [0.15, 0.2) is 47.4 Å². The zero-order valence-electron chi connectivity index (χ0n) is 15.2. The first kappa shape index (κ1) is 20.6. The van der Waals surface area contributed by atoms with Gasteiger partial charge in [0.05, 0.1) is 31.9 Å². The van der Waals surface area contributed by atoms with Crippen LogP contribution in [-0.2, 0) is 26.5 Å². The topological polar surface area (TPSA) is 43.4 Å². The zero-order chi connectivity index (χ0) is 20.9. The zero-order valence-corrected chi connectivity index (χ0v) is 16.8. The molecule has 0 spiro atoms. The number of Topliss-reactive ketones (excluding diaryl/α,β-unsaturated/α-hetero) is 1. The Bertz CT molecular complexity index is 1030. The molecule has 1 heterocycles. The minimum Gasteiger partial charge on any atom is -0.478 e. The molecule has 0 fully saturated rings. The molecule has 0 amide bonds. The van der Waals surface area contributed by atoms with E-state index in [9.17, 15) is 22.2 Å². The summed E-state index contributed by atoms with van der Waals surface area (Å²) < 4.78 is 56.9. The van der Waals surface area contributed by atoms with Crippen LogP contribution in [0.1, 0.15) is 30.5 Å². The van der Waals surface area contributed by atoms with E-state index in [-0.39, 0.29) is 21.9 Å². The van der Waals surface area contributed by atoms with E-state index in [1.165, 1.54) is 24.5 Å². The third kappa shape index (κ3) is 3.73. The Kier molecular flexibility index (Phi) is 5.18. The van der Waals surface area contributed by atoms with Crippen molar-refractivity contribution in [3.63, 3.8) is 0 Å². The number of rotatable bonds is 3. The maximum Gasteiger partial charge on any atom is 0.416 e. The highest BCUT2D eigenvalue weighted by Crippen LogP contribution is 2.43. The number of ketones is 1. The van der Waals surface area contributed by atoms with Crippen LogP contribution in [0.3, 0.4) is 0 Å². The van der Waals surface area contributed by atoms with Gasteiger partial charge in [-0.05, 0) is 49.7 Å². The predicted octanol–water partition coefficient (Wildman–Crippen LogP) is 5.34. The second-order valence-corrected chi connectivity index (χ2v) is 8.58. The molecule has 148 valence electrons. The quantitative estimate of drug-likeness (QED) is 0.662. The van der Waals surface area contributed by atoms with Gasteiger partial charge in [0.1, 0.15) is 5.76 Å². The van der Waals surface area contributed by atoms with E-state index >= 15 is 0 Å². The fourth-order valence-electron chi connectivity index (χ4n) is 2.95. The second-order valence-electron chi connectivity index (χ2n) is 6.82. The molecule has 1 aliphatic rings. The molecule has 1 unspecified atom stereocenters. The van der Waals surface area contributed by atoms with Crippen LogP contribution in [0.2, 0.25) is 5.02 Å². The summed E-state index contributed by atoms with van der Waals surface area (Å²) in [6.45, 7) is 3.10. The minimum absolute atomic E-state index is 0.0533. The molecule has 0 saturated carbocycles. The molecular formula is C20H16ClF3O3S. The van der Waals surface area contributed by atoms with Crippen molar-refractivity contribution in [2.24, 2.45) is 0 Å². The maximum absolute atomic E-state index is 13.1. The molecule has 0 radical (unpaired) electrons. The summed E-state index contributed by atoms with van der Waals surface area (Å²) in [4.78, 5) is 13.3. The van der Waals surface area contributed by atoms with Gasteiger partial charge in [0.25, 0.3) is 0 Å². The Labute approximate surface area is 167 Å². The molecule has 3 rings (SSSR count). The van der Waals surface area contributed by atoms with Crippen LogP contribution in [0, 0.1) is 0 Å². The van der Waals surface area contributed by atoms with Crippen LogP contribution in [0.25, 0.3) is 11.3 Å². The smallest absolute Gasteiger partial charge is 0.416 e. The van der Waals surface area contributed by atoms with E-state index in [2.05, 4.69) is 0 Å². The van der Waals surface area contributed by atoms with Crippen molar-refractivity contribution in [2.45, 2.75) is 30.5 Å². The largest absolute Gasteiger partial charge is 0.478 e. The van der Waals surface area contributed by atoms with E-state index in [4.69, 9.17) is 16.3 Å². The summed E-state index contributed by atoms with van der Waals surface area (Å²) in [5, 5.41) is 0.218. The lowest BCUT2D eigenvalue weighted by Crippen LogP contribution is -2.29. The number of ether oxygens (including phenoxy) is 1. The fraction of sp³-hybridized carbons (Fsp3) is 0.250. The van der Waals surface area contributed by atoms with Gasteiger partial charge in [0.15, 0.2) is 5.60 Å². The predicted molar refractivity (Wildman–Crippen MR) is 102 cm³/mol. The monoisotopic (exact) mass is 428 g/mol. The summed E-state index contributed by atoms with van der Waals surface area (Å²) in [5.74, 6) is -0.286. The third-order valence-electron chi connectivity index (χ3n) is 4.34. The van der Waals surface area contributed by atoms with Gasteiger partial charge < -0.3 is 4.74 Å². The number of hydrogen-bond acceptors (Lipinski definition) is 3. The van der Waals surface area contributed by atoms with Gasteiger partial charge in [-0.1, -0.05) is 23.7 Å². The van der Waals surface area contributed by atoms with Crippen molar-refractivity contribution < 1.29 is 26.9 Å². The molecule has 0 saturated heterocycles. The van der Waals surface area contributed by atoms with E-state index in [1.54, 1.807) is 26.0 Å². The lowest BCUT2D eigenvalue weighted by atomic mass is 9.92. The van der Waals surface area contributed by atoms with Crippen molar-refractivity contribution >= 4 is 39.5 Å². The number of benzene rings is 2. The summed E-state index contributed by atoms with van der Waals surface area (Å²) in [7, 11) is -1.31. The molecule has 1 aliphatic heterocycles. The Morgan fingerprint density at radius 1 is 1.07 bits per heavy atom. The number of carbonyl (C=O) groups excluding carboxylic acids is 1. The summed E-state index contributed by atoms with van der Waals surface area (Å²) in [6, 6.07) is 9.17. The molecule has 1 atom stereocenters. The average Bonchev–Trinajstić information content (AvgIpc) is 2.84. The maximum atomic E-state index is 13.1. The molecule has 3 nitrogen and oxygen atoms in total. The Morgan fingerprint density at radius 3 is 2.32 bits per heavy atom. The molecule has 0 bridgehead atoms. The number of hydrogen-bond donors (Lipinski definition) is 0. The summed E-state index contributed by atoms with van der Waals surface area (Å²) in [5.41, 5.74) is -1.51. The van der Waals surface area contributed by atoms with E-state index in [0.29, 0.717) is 10.5 Å². The SMILES string of the molecule is CS(=O)c1ccc(C2=C(c3cccc(C(F)(F)F)c3)C(=O)C(C)(C)O2)cc1Cl. The van der Waals surface area contributed by atoms with Crippen molar-refractivity contribution in [3.8, 4) is 0 Å². The van der Waals surface area contributed by atoms with Crippen LogP contribution >= 0.6 is 11.6 Å². The van der Waals surface area contributed by atoms with Gasteiger partial charge in [0, 0.05) is 11.8 Å². The Hall–Kier alpha value is -2.12. The van der Waals surface area contributed by atoms with Crippen LogP contribution in [0.4, 0.5) is 13.2 Å². The standard InChI is InChI=1S/C20H16ClF3O3S/c1-19(2)18(25)16(11-5-4-6-13(9-11)20(22,23)24)17(27-19)12-7-8-15(28(3)26)14(21)10-12/h4-10H,1-3H3. The highest BCUT2D eigenvalue weighted by Gasteiger charge is 2.43. The fourth-order valence-corrected chi connectivity index (χ4v) is 4.05. The number of carbonyl (C=O) groups is 1. The lowest BCUT2D eigenvalue weighted by Gasteiger charge is -2.18. The molecule has 0 N–H and O–H groups in total. The molecule has 0 aromatic heterocycles. The minimum atomic E-state index is -4.54. The van der Waals surface area contributed by atoms with Gasteiger partial charge in [-0.25, -0.2) is 0 Å². The molecule has 2 aromatic carbocycles. The van der Waals surface area contributed by atoms with Gasteiger partial charge in [-0.15, -0.1) is 0 Å². The van der Waals surface area contributed by atoms with Crippen molar-refractivity contribution in [1.29, 1.82) is 0 Å². The normalized spacial score (nSPS) is 17.6. The molecule has 28 heavy (non-hydrogen) atoms. The Morgan fingerprint density at radius 2 is 1.75 bits per heavy atom. The first-order chi connectivity index (χ1) is 12.9. The van der Waals surface area contributed by atoms with Gasteiger partial charge in [-0.3, -0.25) is 9.00 Å². The first-order valence-corrected chi connectivity index (χ1v) is 10.1. The van der Waals surface area contributed by atoms with Gasteiger partial charge >= 0.3 is 6.18 Å². The summed E-state index contributed by atoms with van der Waals surface area (Å²) >= 11 is 6.18. The number of alkyl halides is 3. The van der Waals surface area contributed by atoms with Crippen molar-refractivity contribution in [1.82, 2.24) is 0 Å². The summed E-state index contributed by atoms with van der Waals surface area (Å²) in [6.07, 6.45) is -3.06. The van der Waals surface area contributed by atoms with Gasteiger partial charge in [0.2, 0.25) is 5.78 Å². The van der Waals surface area contributed by atoms with Crippen LogP contribution in [-0.4, -0.2) is 21.8 Å². The van der Waals surface area contributed by atoms with Crippen molar-refractivity contribution in [3.05, 3.63) is 64.2 Å². The van der Waals surface area contributed by atoms with E-state index < -0.39 is 33.9 Å².